The number of carbonyl (C=O) groups excluding carboxylic acids is 1. The average molecular weight is 496 g/mol. The summed E-state index contributed by atoms with van der Waals surface area (Å²) in [6.45, 7) is 2.19. The van der Waals surface area contributed by atoms with Gasteiger partial charge < -0.3 is 10.2 Å². The van der Waals surface area contributed by atoms with Crippen LogP contribution in [-0.4, -0.2) is 46.4 Å². The van der Waals surface area contributed by atoms with Crippen molar-refractivity contribution in [2.45, 2.75) is 24.2 Å². The Morgan fingerprint density at radius 3 is 2.74 bits per heavy atom. The van der Waals surface area contributed by atoms with E-state index in [1.807, 2.05) is 6.20 Å². The molecular formula is C25H26FN5OS2. The third kappa shape index (κ3) is 5.10. The van der Waals surface area contributed by atoms with Crippen molar-refractivity contribution in [2.24, 2.45) is 5.92 Å². The number of nitrogens with zero attached hydrogens (tertiary/aromatic N) is 4. The van der Waals surface area contributed by atoms with E-state index in [1.165, 1.54) is 33.9 Å². The van der Waals surface area contributed by atoms with Gasteiger partial charge in [0.2, 0.25) is 16.0 Å². The van der Waals surface area contributed by atoms with E-state index in [9.17, 15) is 9.18 Å². The van der Waals surface area contributed by atoms with Crippen LogP contribution in [0.15, 0.2) is 59.6 Å². The van der Waals surface area contributed by atoms with Gasteiger partial charge in [-0.15, -0.1) is 16.9 Å². The lowest BCUT2D eigenvalue weighted by Crippen LogP contribution is -2.43. The first-order valence-electron chi connectivity index (χ1n) is 11.4. The molecule has 1 aliphatic rings. The predicted molar refractivity (Wildman–Crippen MR) is 136 cm³/mol. The lowest BCUT2D eigenvalue weighted by molar-refractivity contribution is -0.125. The quantitative estimate of drug-likeness (QED) is 0.370. The maximum Gasteiger partial charge on any atom is 0.224 e. The maximum absolute atomic E-state index is 13.2. The molecule has 0 bridgehead atoms. The minimum atomic E-state index is -0.265. The molecule has 4 aromatic rings. The second-order valence-electron chi connectivity index (χ2n) is 8.42. The number of nitrogens with one attached hydrogen (secondary N) is 1. The number of thioether (sulfide) groups is 1. The summed E-state index contributed by atoms with van der Waals surface area (Å²) < 4.78 is 15.0. The van der Waals surface area contributed by atoms with Crippen molar-refractivity contribution in [3.05, 3.63) is 66.1 Å². The van der Waals surface area contributed by atoms with Crippen LogP contribution >= 0.6 is 23.1 Å². The molecule has 176 valence electrons. The number of anilines is 1. The Kier molecular flexibility index (Phi) is 6.82. The number of halogens is 1. The number of carbonyl (C=O) groups is 1. The fourth-order valence-electron chi connectivity index (χ4n) is 4.21. The molecule has 0 unspecified atom stereocenters. The molecular weight excluding hydrogens is 469 g/mol. The molecule has 3 heterocycles. The van der Waals surface area contributed by atoms with E-state index in [1.54, 1.807) is 28.4 Å². The Bertz CT molecular complexity index is 1240. The summed E-state index contributed by atoms with van der Waals surface area (Å²) in [5, 5.41) is 8.70. The SMILES string of the molecule is CSc1ccc(CCNC(=O)[C@H]2CCCN(c3nn4cc(-c5ccc(F)cc5)nc4s3)C2)cc1. The molecule has 1 saturated heterocycles. The van der Waals surface area contributed by atoms with Gasteiger partial charge in [0.05, 0.1) is 17.8 Å². The van der Waals surface area contributed by atoms with Crippen molar-refractivity contribution in [3.8, 4) is 11.3 Å². The Hall–Kier alpha value is -2.91. The number of rotatable bonds is 7. The van der Waals surface area contributed by atoms with E-state index in [-0.39, 0.29) is 17.6 Å². The molecule has 34 heavy (non-hydrogen) atoms. The molecule has 2 aromatic heterocycles. The number of piperidine rings is 1. The van der Waals surface area contributed by atoms with Crippen molar-refractivity contribution < 1.29 is 9.18 Å². The summed E-state index contributed by atoms with van der Waals surface area (Å²) >= 11 is 3.24. The van der Waals surface area contributed by atoms with E-state index in [4.69, 9.17) is 5.10 Å². The van der Waals surface area contributed by atoms with Crippen molar-refractivity contribution in [1.29, 1.82) is 0 Å². The Morgan fingerprint density at radius 1 is 1.21 bits per heavy atom. The van der Waals surface area contributed by atoms with Gasteiger partial charge in [-0.3, -0.25) is 4.79 Å². The fourth-order valence-corrected chi connectivity index (χ4v) is 5.53. The van der Waals surface area contributed by atoms with Crippen LogP contribution in [-0.2, 0) is 11.2 Å². The Morgan fingerprint density at radius 2 is 2.00 bits per heavy atom. The number of imidazole rings is 1. The van der Waals surface area contributed by atoms with E-state index >= 15 is 0 Å². The number of amides is 1. The summed E-state index contributed by atoms with van der Waals surface area (Å²) in [4.78, 5) is 21.7. The number of hydrogen-bond donors (Lipinski definition) is 1. The van der Waals surface area contributed by atoms with E-state index < -0.39 is 0 Å². The standard InChI is InChI=1S/C25H26FN5OS2/c1-33-21-10-4-17(5-11-21)12-13-27-23(32)19-3-2-14-30(15-19)25-29-31-16-22(28-24(31)34-25)18-6-8-20(26)9-7-18/h4-11,16,19H,2-3,12-15H2,1H3,(H,27,32)/t19-/m0/s1. The van der Waals surface area contributed by atoms with Gasteiger partial charge in [0.25, 0.3) is 0 Å². The first kappa shape index (κ1) is 22.9. The highest BCUT2D eigenvalue weighted by molar-refractivity contribution is 7.98. The maximum atomic E-state index is 13.2. The zero-order chi connectivity index (χ0) is 23.5. The molecule has 1 N–H and O–H groups in total. The van der Waals surface area contributed by atoms with Crippen LogP contribution in [0, 0.1) is 11.7 Å². The summed E-state index contributed by atoms with van der Waals surface area (Å²) in [7, 11) is 0. The van der Waals surface area contributed by atoms with Crippen molar-refractivity contribution in [2.75, 3.05) is 30.8 Å². The molecule has 0 aliphatic carbocycles. The zero-order valence-corrected chi connectivity index (χ0v) is 20.5. The lowest BCUT2D eigenvalue weighted by Gasteiger charge is -2.31. The third-order valence-electron chi connectivity index (χ3n) is 6.11. The minimum absolute atomic E-state index is 0.0429. The molecule has 5 rings (SSSR count). The van der Waals surface area contributed by atoms with Gasteiger partial charge in [-0.25, -0.2) is 13.9 Å². The first-order chi connectivity index (χ1) is 16.6. The monoisotopic (exact) mass is 495 g/mol. The van der Waals surface area contributed by atoms with Crippen molar-refractivity contribution in [3.63, 3.8) is 0 Å². The largest absolute Gasteiger partial charge is 0.355 e. The molecule has 0 spiro atoms. The lowest BCUT2D eigenvalue weighted by atomic mass is 9.97. The molecule has 1 atom stereocenters. The molecule has 1 aliphatic heterocycles. The van der Waals surface area contributed by atoms with Crippen molar-refractivity contribution in [1.82, 2.24) is 19.9 Å². The van der Waals surface area contributed by atoms with Crippen LogP contribution < -0.4 is 10.2 Å². The first-order valence-corrected chi connectivity index (χ1v) is 13.4. The van der Waals surface area contributed by atoms with E-state index in [0.717, 1.165) is 47.2 Å². The van der Waals surface area contributed by atoms with Crippen molar-refractivity contribution >= 4 is 39.1 Å². The summed E-state index contributed by atoms with van der Waals surface area (Å²) in [5.41, 5.74) is 2.86. The molecule has 0 saturated carbocycles. The molecule has 1 fully saturated rings. The minimum Gasteiger partial charge on any atom is -0.355 e. The molecule has 9 heteroatoms. The van der Waals surface area contributed by atoms with Gasteiger partial charge in [-0.05, 0) is 67.5 Å². The average Bonchev–Trinajstić information content (AvgIpc) is 3.45. The topological polar surface area (TPSA) is 62.5 Å². The van der Waals surface area contributed by atoms with Crippen LogP contribution in [0.1, 0.15) is 18.4 Å². The predicted octanol–water partition coefficient (Wildman–Crippen LogP) is 4.89. The summed E-state index contributed by atoms with van der Waals surface area (Å²) in [5.74, 6) is -0.192. The van der Waals surface area contributed by atoms with Gasteiger partial charge in [-0.1, -0.05) is 23.5 Å². The number of benzene rings is 2. The Labute approximate surface area is 206 Å². The number of aromatic nitrogens is 3. The van der Waals surface area contributed by atoms with E-state index in [2.05, 4.69) is 45.7 Å². The third-order valence-corrected chi connectivity index (χ3v) is 7.83. The van der Waals surface area contributed by atoms with Crippen LogP contribution in [0.5, 0.6) is 0 Å². The Balaban J connectivity index is 1.18. The van der Waals surface area contributed by atoms with Gasteiger partial charge >= 0.3 is 0 Å². The molecule has 0 radical (unpaired) electrons. The summed E-state index contributed by atoms with van der Waals surface area (Å²) in [6, 6.07) is 14.8. The van der Waals surface area contributed by atoms with Gasteiger partial charge in [0.1, 0.15) is 5.82 Å². The highest BCUT2D eigenvalue weighted by Gasteiger charge is 2.27. The molecule has 1 amide bonds. The van der Waals surface area contributed by atoms with Crippen LogP contribution in [0.25, 0.3) is 16.2 Å². The highest BCUT2D eigenvalue weighted by Crippen LogP contribution is 2.30. The second-order valence-corrected chi connectivity index (χ2v) is 10.2. The number of fused-ring (bicyclic) bond motifs is 1. The zero-order valence-electron chi connectivity index (χ0n) is 18.9. The van der Waals surface area contributed by atoms with Crippen LogP contribution in [0.4, 0.5) is 9.52 Å². The van der Waals surface area contributed by atoms with E-state index in [0.29, 0.717) is 13.1 Å². The number of hydrogen-bond acceptors (Lipinski definition) is 6. The molecule has 2 aromatic carbocycles. The van der Waals surface area contributed by atoms with Gasteiger partial charge in [0, 0.05) is 30.1 Å². The smallest absolute Gasteiger partial charge is 0.224 e. The normalized spacial score (nSPS) is 16.2. The van der Waals surface area contributed by atoms with Crippen LogP contribution in [0.3, 0.4) is 0 Å². The highest BCUT2D eigenvalue weighted by atomic mass is 32.2. The fraction of sp³-hybridized carbons (Fsp3) is 0.320. The molecule has 6 nitrogen and oxygen atoms in total. The second kappa shape index (κ2) is 10.1. The van der Waals surface area contributed by atoms with Crippen LogP contribution in [0.2, 0.25) is 0 Å². The summed E-state index contributed by atoms with van der Waals surface area (Å²) in [6.07, 6.45) is 6.61. The van der Waals surface area contributed by atoms with Gasteiger partial charge in [-0.2, -0.15) is 0 Å². The van der Waals surface area contributed by atoms with Gasteiger partial charge in [0.15, 0.2) is 0 Å².